The lowest BCUT2D eigenvalue weighted by Crippen LogP contribution is -2.30. The molecule has 140 valence electrons. The zero-order valence-corrected chi connectivity index (χ0v) is 15.1. The van der Waals surface area contributed by atoms with E-state index in [2.05, 4.69) is 6.08 Å². The van der Waals surface area contributed by atoms with Crippen LogP contribution in [0.3, 0.4) is 0 Å². The van der Waals surface area contributed by atoms with Gasteiger partial charge in [-0.3, -0.25) is 14.9 Å². The molecule has 1 heterocycles. The molecular weight excluding hydrogens is 346 g/mol. The van der Waals surface area contributed by atoms with Crippen molar-refractivity contribution in [2.75, 3.05) is 24.6 Å². The molecule has 27 heavy (non-hydrogen) atoms. The lowest BCUT2D eigenvalue weighted by molar-refractivity contribution is -0.384. The number of nitrogens with two attached hydrogens (primary N) is 1. The number of rotatable bonds is 6. The number of ether oxygens (including phenoxy) is 1. The van der Waals surface area contributed by atoms with Crippen LogP contribution in [0.5, 0.6) is 5.75 Å². The molecule has 2 aromatic carbocycles. The van der Waals surface area contributed by atoms with E-state index >= 15 is 0 Å². The Kier molecular flexibility index (Phi) is 5.40. The molecule has 0 saturated carbocycles. The predicted molar refractivity (Wildman–Crippen MR) is 104 cm³/mol. The van der Waals surface area contributed by atoms with Crippen LogP contribution < -0.4 is 15.4 Å². The molecule has 0 bridgehead atoms. The van der Waals surface area contributed by atoms with Crippen LogP contribution in [0, 0.1) is 10.1 Å². The summed E-state index contributed by atoms with van der Waals surface area (Å²) < 4.78 is 5.71. The summed E-state index contributed by atoms with van der Waals surface area (Å²) in [6.07, 6.45) is 2.85. The number of benzene rings is 2. The quantitative estimate of drug-likeness (QED) is 0.623. The van der Waals surface area contributed by atoms with Crippen LogP contribution in [0.4, 0.5) is 11.4 Å². The molecule has 1 aliphatic heterocycles. The van der Waals surface area contributed by atoms with Crippen molar-refractivity contribution in [2.45, 2.75) is 13.3 Å². The van der Waals surface area contributed by atoms with Gasteiger partial charge < -0.3 is 15.4 Å². The van der Waals surface area contributed by atoms with Gasteiger partial charge in [0.1, 0.15) is 5.75 Å². The minimum atomic E-state index is -0.676. The normalized spacial score (nSPS) is 13.8. The van der Waals surface area contributed by atoms with Crippen molar-refractivity contribution >= 4 is 22.9 Å². The molecule has 2 aromatic rings. The Bertz CT molecular complexity index is 908. The highest BCUT2D eigenvalue weighted by Crippen LogP contribution is 2.33. The number of anilines is 1. The highest BCUT2D eigenvalue weighted by molar-refractivity contribution is 5.99. The molecule has 0 atom stereocenters. The molecule has 2 N–H and O–H groups in total. The first kappa shape index (κ1) is 18.4. The Morgan fingerprint density at radius 2 is 2.07 bits per heavy atom. The molecule has 1 amide bonds. The zero-order chi connectivity index (χ0) is 19.4. The number of primary amides is 1. The number of nitro benzene ring substituents is 1. The number of carbonyl (C=O) groups is 1. The van der Waals surface area contributed by atoms with Crippen LogP contribution in [0.15, 0.2) is 48.5 Å². The van der Waals surface area contributed by atoms with E-state index in [1.807, 2.05) is 36.1 Å². The van der Waals surface area contributed by atoms with Gasteiger partial charge in [0, 0.05) is 30.8 Å². The van der Waals surface area contributed by atoms with Gasteiger partial charge in [0.05, 0.1) is 22.8 Å². The molecule has 0 aliphatic carbocycles. The summed E-state index contributed by atoms with van der Waals surface area (Å²) in [7, 11) is 0. The molecule has 7 nitrogen and oxygen atoms in total. The van der Waals surface area contributed by atoms with Crippen molar-refractivity contribution < 1.29 is 14.5 Å². The number of non-ortho nitro benzene ring substituents is 1. The van der Waals surface area contributed by atoms with Crippen molar-refractivity contribution in [3.05, 3.63) is 69.8 Å². The first-order valence-corrected chi connectivity index (χ1v) is 8.75. The topological polar surface area (TPSA) is 98.7 Å². The molecule has 0 unspecified atom stereocenters. The van der Waals surface area contributed by atoms with E-state index < -0.39 is 10.8 Å². The van der Waals surface area contributed by atoms with E-state index in [0.717, 1.165) is 17.7 Å². The van der Waals surface area contributed by atoms with Crippen molar-refractivity contribution in [1.29, 1.82) is 0 Å². The largest absolute Gasteiger partial charge is 0.493 e. The lowest BCUT2D eigenvalue weighted by Gasteiger charge is -2.30. The number of carbonyl (C=O) groups excluding carboxylic acids is 1. The summed E-state index contributed by atoms with van der Waals surface area (Å²) in [6.45, 7) is 3.80. The summed E-state index contributed by atoms with van der Waals surface area (Å²) in [6, 6.07) is 12.1. The van der Waals surface area contributed by atoms with Crippen molar-refractivity contribution in [3.8, 4) is 5.75 Å². The van der Waals surface area contributed by atoms with Gasteiger partial charge in [-0.2, -0.15) is 0 Å². The number of amides is 1. The van der Waals surface area contributed by atoms with Gasteiger partial charge in [-0.05, 0) is 31.1 Å². The van der Waals surface area contributed by atoms with Gasteiger partial charge in [0.15, 0.2) is 0 Å². The van der Waals surface area contributed by atoms with E-state index in [4.69, 9.17) is 10.5 Å². The van der Waals surface area contributed by atoms with E-state index in [-0.39, 0.29) is 11.3 Å². The van der Waals surface area contributed by atoms with Crippen molar-refractivity contribution in [3.63, 3.8) is 0 Å². The van der Waals surface area contributed by atoms with Gasteiger partial charge in [-0.1, -0.05) is 24.3 Å². The Hall–Kier alpha value is -3.35. The minimum Gasteiger partial charge on any atom is -0.493 e. The average Bonchev–Trinajstić information content (AvgIpc) is 2.68. The number of nitrogens with zero attached hydrogens (tertiary/aromatic N) is 2. The van der Waals surface area contributed by atoms with Gasteiger partial charge in [-0.25, -0.2) is 0 Å². The summed E-state index contributed by atoms with van der Waals surface area (Å²) in [5.41, 5.74) is 8.32. The standard InChI is InChI=1S/C20H21N3O4/c1-2-27-19-6-4-3-5-16(19)14-9-11-22(12-10-14)18-8-7-15(23(25)26)13-17(18)20(21)24/h3-9,13H,2,10-12H2,1H3,(H2,21,24). The van der Waals surface area contributed by atoms with Gasteiger partial charge in [0.2, 0.25) is 0 Å². The van der Waals surface area contributed by atoms with E-state index in [9.17, 15) is 14.9 Å². The SMILES string of the molecule is CCOc1ccccc1C1=CCN(c2ccc([N+](=O)[O-])cc2C(N)=O)CC1. The summed E-state index contributed by atoms with van der Waals surface area (Å²) in [5.74, 6) is 0.179. The molecule has 7 heteroatoms. The monoisotopic (exact) mass is 367 g/mol. The molecule has 0 spiro atoms. The number of para-hydroxylation sites is 1. The first-order valence-electron chi connectivity index (χ1n) is 8.75. The van der Waals surface area contributed by atoms with Crippen molar-refractivity contribution in [2.24, 2.45) is 5.73 Å². The second-order valence-corrected chi connectivity index (χ2v) is 6.18. The van der Waals surface area contributed by atoms with Gasteiger partial charge >= 0.3 is 0 Å². The third kappa shape index (κ3) is 3.92. The third-order valence-electron chi connectivity index (χ3n) is 4.54. The highest BCUT2D eigenvalue weighted by Gasteiger charge is 2.21. The molecule has 3 rings (SSSR count). The Balaban J connectivity index is 1.87. The summed E-state index contributed by atoms with van der Waals surface area (Å²) in [5, 5.41) is 11.0. The fraction of sp³-hybridized carbons (Fsp3) is 0.250. The molecule has 0 saturated heterocycles. The number of nitro groups is 1. The van der Waals surface area contributed by atoms with Crippen molar-refractivity contribution in [1.82, 2.24) is 0 Å². The Morgan fingerprint density at radius 1 is 1.30 bits per heavy atom. The number of hydrogen-bond donors (Lipinski definition) is 1. The lowest BCUT2D eigenvalue weighted by atomic mass is 9.97. The highest BCUT2D eigenvalue weighted by atomic mass is 16.6. The second-order valence-electron chi connectivity index (χ2n) is 6.18. The van der Waals surface area contributed by atoms with Gasteiger partial charge in [-0.15, -0.1) is 0 Å². The van der Waals surface area contributed by atoms with E-state index in [0.29, 0.717) is 25.4 Å². The smallest absolute Gasteiger partial charge is 0.270 e. The number of hydrogen-bond acceptors (Lipinski definition) is 5. The Labute approximate surface area is 157 Å². The first-order chi connectivity index (χ1) is 13.0. The maximum absolute atomic E-state index is 11.8. The maximum Gasteiger partial charge on any atom is 0.270 e. The fourth-order valence-corrected chi connectivity index (χ4v) is 3.26. The molecule has 0 fully saturated rings. The second kappa shape index (κ2) is 7.90. The zero-order valence-electron chi connectivity index (χ0n) is 15.1. The van der Waals surface area contributed by atoms with E-state index in [1.54, 1.807) is 6.07 Å². The molecule has 1 aliphatic rings. The van der Waals surface area contributed by atoms with E-state index in [1.165, 1.54) is 17.7 Å². The molecule has 0 radical (unpaired) electrons. The Morgan fingerprint density at radius 3 is 2.70 bits per heavy atom. The predicted octanol–water partition coefficient (Wildman–Crippen LogP) is 3.39. The maximum atomic E-state index is 11.8. The minimum absolute atomic E-state index is 0.147. The van der Waals surface area contributed by atoms with Crippen LogP contribution in [-0.4, -0.2) is 30.5 Å². The van der Waals surface area contributed by atoms with Crippen LogP contribution >= 0.6 is 0 Å². The summed E-state index contributed by atoms with van der Waals surface area (Å²) >= 11 is 0. The van der Waals surface area contributed by atoms with Crippen LogP contribution in [0.1, 0.15) is 29.3 Å². The molecular formula is C20H21N3O4. The molecule has 0 aromatic heterocycles. The average molecular weight is 367 g/mol. The van der Waals surface area contributed by atoms with Crippen LogP contribution in [0.2, 0.25) is 0 Å². The fourth-order valence-electron chi connectivity index (χ4n) is 3.26. The van der Waals surface area contributed by atoms with Crippen LogP contribution in [-0.2, 0) is 0 Å². The third-order valence-corrected chi connectivity index (χ3v) is 4.54. The van der Waals surface area contributed by atoms with Crippen LogP contribution in [0.25, 0.3) is 5.57 Å². The van der Waals surface area contributed by atoms with Gasteiger partial charge in [0.25, 0.3) is 11.6 Å². The summed E-state index contributed by atoms with van der Waals surface area (Å²) in [4.78, 5) is 24.2.